The Bertz CT molecular complexity index is 1180. The molecule has 0 unspecified atom stereocenters. The first kappa shape index (κ1) is 24.1. The number of nitriles is 1. The van der Waals surface area contributed by atoms with E-state index in [9.17, 15) is 9.59 Å². The summed E-state index contributed by atoms with van der Waals surface area (Å²) in [5, 5.41) is 17.2. The Kier molecular flexibility index (Phi) is 7.88. The third kappa shape index (κ3) is 5.61. The number of carbonyl (C=O) groups excluding carboxylic acids is 2. The molecule has 0 aliphatic heterocycles. The number of likely N-dealkylation sites (N-methyl/N-ethyl adjacent to an activating group) is 1. The van der Waals surface area contributed by atoms with Crippen LogP contribution in [0.1, 0.15) is 43.6 Å². The van der Waals surface area contributed by atoms with Crippen molar-refractivity contribution in [3.05, 3.63) is 47.4 Å². The van der Waals surface area contributed by atoms with Crippen LogP contribution in [0.15, 0.2) is 30.5 Å². The molecule has 174 valence electrons. The van der Waals surface area contributed by atoms with Crippen LogP contribution in [0.25, 0.3) is 10.9 Å². The van der Waals surface area contributed by atoms with Crippen LogP contribution >= 0.6 is 0 Å². The van der Waals surface area contributed by atoms with Crippen LogP contribution in [0.5, 0.6) is 0 Å². The largest absolute Gasteiger partial charge is 0.342 e. The van der Waals surface area contributed by atoms with Crippen LogP contribution in [0.3, 0.4) is 0 Å². The van der Waals surface area contributed by atoms with Gasteiger partial charge in [0.1, 0.15) is 6.54 Å². The van der Waals surface area contributed by atoms with Crippen LogP contribution in [0.2, 0.25) is 0 Å². The van der Waals surface area contributed by atoms with Gasteiger partial charge >= 0.3 is 0 Å². The van der Waals surface area contributed by atoms with Crippen LogP contribution in [-0.2, 0) is 29.1 Å². The number of aromatic nitrogens is 3. The second-order valence-corrected chi connectivity index (χ2v) is 8.11. The van der Waals surface area contributed by atoms with Gasteiger partial charge in [0.15, 0.2) is 0 Å². The molecule has 0 fully saturated rings. The van der Waals surface area contributed by atoms with Gasteiger partial charge in [0, 0.05) is 48.0 Å². The Morgan fingerprint density at radius 3 is 2.64 bits per heavy atom. The number of aryl methyl sites for hydroxylation is 2. The van der Waals surface area contributed by atoms with Crippen LogP contribution in [0, 0.1) is 25.2 Å². The summed E-state index contributed by atoms with van der Waals surface area (Å²) in [5.41, 5.74) is 4.68. The van der Waals surface area contributed by atoms with Gasteiger partial charge in [0.05, 0.1) is 24.7 Å². The summed E-state index contributed by atoms with van der Waals surface area (Å²) >= 11 is 0. The molecule has 2 aromatic heterocycles. The lowest BCUT2D eigenvalue weighted by atomic mass is 10.1. The summed E-state index contributed by atoms with van der Waals surface area (Å²) < 4.78 is 3.78. The normalized spacial score (nSPS) is 10.9. The van der Waals surface area contributed by atoms with E-state index >= 15 is 0 Å². The molecule has 8 heteroatoms. The summed E-state index contributed by atoms with van der Waals surface area (Å²) in [6.45, 7) is 10.1. The molecule has 0 saturated heterocycles. The second-order valence-electron chi connectivity index (χ2n) is 8.11. The summed E-state index contributed by atoms with van der Waals surface area (Å²) in [6, 6.07) is 9.84. The zero-order valence-electron chi connectivity index (χ0n) is 19.9. The molecule has 8 nitrogen and oxygen atoms in total. The van der Waals surface area contributed by atoms with Crippen molar-refractivity contribution in [1.82, 2.24) is 19.2 Å². The van der Waals surface area contributed by atoms with E-state index in [0.717, 1.165) is 33.5 Å². The number of hydrogen-bond donors (Lipinski definition) is 1. The van der Waals surface area contributed by atoms with E-state index in [0.29, 0.717) is 45.4 Å². The highest BCUT2D eigenvalue weighted by Crippen LogP contribution is 2.22. The van der Waals surface area contributed by atoms with E-state index in [1.165, 1.54) is 0 Å². The fraction of sp³-hybridized carbons (Fsp3) is 0.440. The average Bonchev–Trinajstić information content (AvgIpc) is 3.31. The molecule has 33 heavy (non-hydrogen) atoms. The van der Waals surface area contributed by atoms with Gasteiger partial charge < -0.3 is 14.8 Å². The lowest BCUT2D eigenvalue weighted by Crippen LogP contribution is -2.33. The smallest absolute Gasteiger partial charge is 0.242 e. The Balaban J connectivity index is 1.62. The van der Waals surface area contributed by atoms with E-state index in [4.69, 9.17) is 5.26 Å². The Morgan fingerprint density at radius 1 is 1.18 bits per heavy atom. The number of nitrogens with one attached hydrogen (secondary N) is 1. The number of hydrogen-bond acceptors (Lipinski definition) is 4. The molecule has 0 radical (unpaired) electrons. The standard InChI is InChI=1S/C25H32N6O2/c1-5-29(6-2)25(33)17-30-15-12-20-16-21(8-10-23(20)30)27-24(32)11-9-22-18(3)28-31(19(22)4)14-7-13-26/h8,10,12,15-16H,5-7,9,11,14,17H2,1-4H3,(H,27,32). The van der Waals surface area contributed by atoms with Gasteiger partial charge in [-0.2, -0.15) is 10.4 Å². The SMILES string of the molecule is CCN(CC)C(=O)Cn1ccc2cc(NC(=O)CCc3c(C)nn(CCC#N)c3C)ccc21. The summed E-state index contributed by atoms with van der Waals surface area (Å²) in [6.07, 6.45) is 3.27. The van der Waals surface area contributed by atoms with E-state index in [1.54, 1.807) is 0 Å². The van der Waals surface area contributed by atoms with Crippen molar-refractivity contribution in [1.29, 1.82) is 5.26 Å². The minimum Gasteiger partial charge on any atom is -0.342 e. The number of benzene rings is 1. The minimum absolute atomic E-state index is 0.0610. The van der Waals surface area contributed by atoms with Crippen molar-refractivity contribution in [3.63, 3.8) is 0 Å². The third-order valence-corrected chi connectivity index (χ3v) is 6.05. The number of carbonyl (C=O) groups is 2. The van der Waals surface area contributed by atoms with E-state index < -0.39 is 0 Å². The zero-order valence-corrected chi connectivity index (χ0v) is 19.9. The topological polar surface area (TPSA) is 95.9 Å². The van der Waals surface area contributed by atoms with E-state index in [1.807, 2.05) is 72.3 Å². The molecule has 2 amide bonds. The molecule has 0 spiro atoms. The van der Waals surface area contributed by atoms with Crippen molar-refractivity contribution < 1.29 is 9.59 Å². The first-order valence-electron chi connectivity index (χ1n) is 11.4. The molecule has 0 saturated carbocycles. The van der Waals surface area contributed by atoms with Gasteiger partial charge in [-0.1, -0.05) is 0 Å². The van der Waals surface area contributed by atoms with Gasteiger partial charge in [-0.3, -0.25) is 14.3 Å². The van der Waals surface area contributed by atoms with Crippen molar-refractivity contribution in [2.45, 2.75) is 60.0 Å². The molecule has 1 aromatic carbocycles. The number of rotatable bonds is 10. The van der Waals surface area contributed by atoms with Crippen LogP contribution < -0.4 is 5.32 Å². The predicted octanol–water partition coefficient (Wildman–Crippen LogP) is 3.81. The quantitative estimate of drug-likeness (QED) is 0.510. The minimum atomic E-state index is -0.0610. The molecule has 0 aliphatic rings. The van der Waals surface area contributed by atoms with Crippen molar-refractivity contribution in [2.24, 2.45) is 0 Å². The first-order chi connectivity index (χ1) is 15.9. The van der Waals surface area contributed by atoms with Crippen molar-refractivity contribution >= 4 is 28.4 Å². The van der Waals surface area contributed by atoms with Crippen molar-refractivity contribution in [2.75, 3.05) is 18.4 Å². The molecule has 0 bridgehead atoms. The molecule has 1 N–H and O–H groups in total. The highest BCUT2D eigenvalue weighted by atomic mass is 16.2. The third-order valence-electron chi connectivity index (χ3n) is 6.05. The first-order valence-corrected chi connectivity index (χ1v) is 11.4. The summed E-state index contributed by atoms with van der Waals surface area (Å²) in [5.74, 6) is 0.0329. The number of fused-ring (bicyclic) bond motifs is 1. The molecule has 3 aromatic rings. The van der Waals surface area contributed by atoms with Crippen molar-refractivity contribution in [3.8, 4) is 6.07 Å². The zero-order chi connectivity index (χ0) is 24.0. The summed E-state index contributed by atoms with van der Waals surface area (Å²) in [4.78, 5) is 26.8. The highest BCUT2D eigenvalue weighted by Gasteiger charge is 2.14. The number of amides is 2. The van der Waals surface area contributed by atoms with Gasteiger partial charge in [-0.05, 0) is 63.9 Å². The lowest BCUT2D eigenvalue weighted by molar-refractivity contribution is -0.131. The fourth-order valence-electron chi connectivity index (χ4n) is 4.17. The molecule has 2 heterocycles. The predicted molar refractivity (Wildman–Crippen MR) is 129 cm³/mol. The molecular formula is C25H32N6O2. The Morgan fingerprint density at radius 2 is 1.94 bits per heavy atom. The number of nitrogens with zero attached hydrogens (tertiary/aromatic N) is 5. The lowest BCUT2D eigenvalue weighted by Gasteiger charge is -2.19. The molecule has 0 aliphatic carbocycles. The van der Waals surface area contributed by atoms with Gasteiger partial charge in [0.25, 0.3) is 0 Å². The Hall–Kier alpha value is -3.60. The van der Waals surface area contributed by atoms with Crippen LogP contribution in [0.4, 0.5) is 5.69 Å². The molecular weight excluding hydrogens is 416 g/mol. The van der Waals surface area contributed by atoms with Crippen LogP contribution in [-0.4, -0.2) is 44.2 Å². The maximum Gasteiger partial charge on any atom is 0.242 e. The number of anilines is 1. The highest BCUT2D eigenvalue weighted by molar-refractivity contribution is 5.94. The molecule has 3 rings (SSSR count). The van der Waals surface area contributed by atoms with Gasteiger partial charge in [-0.15, -0.1) is 0 Å². The van der Waals surface area contributed by atoms with E-state index in [-0.39, 0.29) is 11.8 Å². The maximum absolute atomic E-state index is 12.6. The van der Waals surface area contributed by atoms with Gasteiger partial charge in [0.2, 0.25) is 11.8 Å². The Labute approximate surface area is 194 Å². The fourth-order valence-corrected chi connectivity index (χ4v) is 4.17. The second kappa shape index (κ2) is 10.8. The summed E-state index contributed by atoms with van der Waals surface area (Å²) in [7, 11) is 0. The molecule has 0 atom stereocenters. The monoisotopic (exact) mass is 448 g/mol. The average molecular weight is 449 g/mol. The van der Waals surface area contributed by atoms with Gasteiger partial charge in [-0.25, -0.2) is 0 Å². The maximum atomic E-state index is 12.6. The van der Waals surface area contributed by atoms with E-state index in [2.05, 4.69) is 16.5 Å².